The van der Waals surface area contributed by atoms with Crippen molar-refractivity contribution in [3.05, 3.63) is 16.6 Å². The Morgan fingerprint density at radius 3 is 2.88 bits per heavy atom. The van der Waals surface area contributed by atoms with E-state index in [2.05, 4.69) is 23.7 Å². The second kappa shape index (κ2) is 6.98. The molecule has 0 bridgehead atoms. The summed E-state index contributed by atoms with van der Waals surface area (Å²) in [5.74, 6) is 0.426. The first-order chi connectivity index (χ1) is 11.5. The zero-order valence-corrected chi connectivity index (χ0v) is 15.6. The van der Waals surface area contributed by atoms with Crippen molar-refractivity contribution in [2.45, 2.75) is 45.4 Å². The number of aliphatic hydroxyl groups is 1. The summed E-state index contributed by atoms with van der Waals surface area (Å²) in [7, 11) is 0. The molecule has 0 radical (unpaired) electrons. The molecule has 1 aromatic rings. The van der Waals surface area contributed by atoms with Gasteiger partial charge in [-0.2, -0.15) is 0 Å². The molecule has 1 aromatic heterocycles. The molecule has 134 valence electrons. The fourth-order valence-electron chi connectivity index (χ4n) is 4.10. The Balaban J connectivity index is 1.80. The van der Waals surface area contributed by atoms with E-state index in [-0.39, 0.29) is 6.03 Å². The van der Waals surface area contributed by atoms with Crippen molar-refractivity contribution in [2.24, 2.45) is 5.92 Å². The quantitative estimate of drug-likeness (QED) is 0.879. The largest absolute Gasteiger partial charge is 0.391 e. The number of aliphatic hydroxyl groups excluding tert-OH is 1. The minimum atomic E-state index is -0.490. The normalized spacial score (nSPS) is 28.5. The van der Waals surface area contributed by atoms with Gasteiger partial charge < -0.3 is 14.9 Å². The average molecular weight is 353 g/mol. The summed E-state index contributed by atoms with van der Waals surface area (Å²) in [6.07, 6.45) is 2.06. The summed E-state index contributed by atoms with van der Waals surface area (Å²) < 4.78 is 0. The Bertz CT molecular complexity index is 565. The van der Waals surface area contributed by atoms with Crippen LogP contribution in [0.4, 0.5) is 4.79 Å². The van der Waals surface area contributed by atoms with Gasteiger partial charge in [-0.25, -0.2) is 9.78 Å². The van der Waals surface area contributed by atoms with Crippen LogP contribution in [0.5, 0.6) is 0 Å². The molecule has 2 aliphatic rings. The lowest BCUT2D eigenvalue weighted by Gasteiger charge is -2.47. The van der Waals surface area contributed by atoms with E-state index in [1.54, 1.807) is 11.3 Å². The maximum atomic E-state index is 12.8. The van der Waals surface area contributed by atoms with Crippen LogP contribution >= 0.6 is 11.3 Å². The van der Waals surface area contributed by atoms with Crippen molar-refractivity contribution in [3.63, 3.8) is 0 Å². The summed E-state index contributed by atoms with van der Waals surface area (Å²) in [5.41, 5.74) is -0.490. The highest BCUT2D eigenvalue weighted by molar-refractivity contribution is 7.09. The average Bonchev–Trinajstić information content (AvgIpc) is 3.11. The zero-order chi connectivity index (χ0) is 17.3. The number of urea groups is 1. The molecule has 2 aliphatic heterocycles. The highest BCUT2D eigenvalue weighted by Crippen LogP contribution is 2.36. The van der Waals surface area contributed by atoms with Gasteiger partial charge in [0.2, 0.25) is 0 Å². The van der Waals surface area contributed by atoms with Crippen LogP contribution in [0.2, 0.25) is 0 Å². The van der Waals surface area contributed by atoms with Crippen molar-refractivity contribution < 1.29 is 9.90 Å². The Morgan fingerprint density at radius 2 is 2.25 bits per heavy atom. The Morgan fingerprint density at radius 1 is 1.46 bits per heavy atom. The lowest BCUT2D eigenvalue weighted by Crippen LogP contribution is -2.65. The Labute approximate surface area is 148 Å². The zero-order valence-electron chi connectivity index (χ0n) is 14.8. The van der Waals surface area contributed by atoms with E-state index < -0.39 is 11.6 Å². The number of piperidine rings is 1. The molecule has 24 heavy (non-hydrogen) atoms. The van der Waals surface area contributed by atoms with Crippen LogP contribution in [-0.2, 0) is 6.54 Å². The van der Waals surface area contributed by atoms with E-state index in [0.717, 1.165) is 24.6 Å². The molecule has 7 heteroatoms. The van der Waals surface area contributed by atoms with Crippen LogP contribution in [0, 0.1) is 5.92 Å². The number of carbonyl (C=O) groups is 1. The molecular formula is C17H28N4O2S. The molecule has 3 rings (SSSR count). The van der Waals surface area contributed by atoms with E-state index in [1.807, 2.05) is 28.3 Å². The van der Waals surface area contributed by atoms with Gasteiger partial charge in [-0.3, -0.25) is 4.90 Å². The van der Waals surface area contributed by atoms with Crippen molar-refractivity contribution >= 4 is 17.4 Å². The van der Waals surface area contributed by atoms with Gasteiger partial charge >= 0.3 is 6.03 Å². The number of thiazole rings is 1. The summed E-state index contributed by atoms with van der Waals surface area (Å²) in [5, 5.41) is 13.9. The number of hydrogen-bond donors (Lipinski definition) is 1. The summed E-state index contributed by atoms with van der Waals surface area (Å²) in [6.45, 7) is 10.6. The third-order valence-electron chi connectivity index (χ3n) is 5.08. The third-order valence-corrected chi connectivity index (χ3v) is 5.85. The first kappa shape index (κ1) is 17.6. The number of carbonyl (C=O) groups excluding carboxylic acids is 1. The van der Waals surface area contributed by atoms with Crippen molar-refractivity contribution in [1.29, 1.82) is 0 Å². The van der Waals surface area contributed by atoms with Gasteiger partial charge in [0, 0.05) is 44.3 Å². The molecule has 0 unspecified atom stereocenters. The van der Waals surface area contributed by atoms with E-state index >= 15 is 0 Å². The van der Waals surface area contributed by atoms with E-state index in [4.69, 9.17) is 0 Å². The molecule has 1 N–H and O–H groups in total. The second-order valence-electron chi connectivity index (χ2n) is 7.35. The third kappa shape index (κ3) is 3.17. The Kier molecular flexibility index (Phi) is 5.13. The van der Waals surface area contributed by atoms with Crippen molar-refractivity contribution in [2.75, 3.05) is 32.7 Å². The predicted octanol–water partition coefficient (Wildman–Crippen LogP) is 1.86. The van der Waals surface area contributed by atoms with Crippen LogP contribution in [0.1, 0.15) is 32.2 Å². The van der Waals surface area contributed by atoms with Gasteiger partial charge in [0.15, 0.2) is 0 Å². The number of rotatable bonds is 5. The number of likely N-dealkylation sites (N-methyl/N-ethyl adjacent to an activating group) is 1. The molecule has 2 amide bonds. The number of aromatic nitrogens is 1. The van der Waals surface area contributed by atoms with Gasteiger partial charge in [-0.1, -0.05) is 13.8 Å². The molecule has 2 atom stereocenters. The van der Waals surface area contributed by atoms with E-state index in [1.165, 1.54) is 0 Å². The molecule has 2 saturated heterocycles. The molecule has 0 saturated carbocycles. The highest BCUT2D eigenvalue weighted by Gasteiger charge is 2.55. The first-order valence-electron chi connectivity index (χ1n) is 8.81. The fraction of sp³-hybridized carbons (Fsp3) is 0.765. The smallest absolute Gasteiger partial charge is 0.320 e. The monoisotopic (exact) mass is 352 g/mol. The summed E-state index contributed by atoms with van der Waals surface area (Å²) in [6, 6.07) is 0.0707. The Hall–Kier alpha value is -1.18. The standard InChI is InChI=1S/C17H28N4O2S/c1-4-21-16(23)20(9-13(2)3)12-17(21)11-19(7-5-14(17)22)10-15-18-6-8-24-15/h6,8,13-14,22H,4-5,7,9-12H2,1-3H3/t14-,17+/m0/s1. The molecule has 1 spiro atoms. The first-order valence-corrected chi connectivity index (χ1v) is 9.69. The lowest BCUT2D eigenvalue weighted by molar-refractivity contribution is -0.0500. The molecule has 6 nitrogen and oxygen atoms in total. The molecule has 2 fully saturated rings. The number of likely N-dealkylation sites (tertiary alicyclic amines) is 1. The van der Waals surface area contributed by atoms with E-state index in [0.29, 0.717) is 32.0 Å². The van der Waals surface area contributed by atoms with Crippen LogP contribution in [0.15, 0.2) is 11.6 Å². The summed E-state index contributed by atoms with van der Waals surface area (Å²) in [4.78, 5) is 23.4. The lowest BCUT2D eigenvalue weighted by atomic mass is 9.85. The summed E-state index contributed by atoms with van der Waals surface area (Å²) >= 11 is 1.66. The molecule has 0 aliphatic carbocycles. The SMILES string of the molecule is CCN1C(=O)N(CC(C)C)C[C@@]12CN(Cc1nccs1)CC[C@@H]2O. The maximum Gasteiger partial charge on any atom is 0.320 e. The van der Waals surface area contributed by atoms with E-state index in [9.17, 15) is 9.90 Å². The number of nitrogens with zero attached hydrogens (tertiary/aromatic N) is 4. The number of hydrogen-bond acceptors (Lipinski definition) is 5. The molecule has 3 heterocycles. The predicted molar refractivity (Wildman–Crippen MR) is 94.9 cm³/mol. The number of amides is 2. The van der Waals surface area contributed by atoms with Crippen LogP contribution in [0.3, 0.4) is 0 Å². The molecular weight excluding hydrogens is 324 g/mol. The van der Waals surface area contributed by atoms with Gasteiger partial charge in [0.05, 0.1) is 12.6 Å². The van der Waals surface area contributed by atoms with Crippen molar-refractivity contribution in [1.82, 2.24) is 19.7 Å². The van der Waals surface area contributed by atoms with Gasteiger partial charge in [0.1, 0.15) is 10.5 Å². The topological polar surface area (TPSA) is 59.9 Å². The highest BCUT2D eigenvalue weighted by atomic mass is 32.1. The van der Waals surface area contributed by atoms with Crippen LogP contribution in [-0.4, -0.2) is 75.2 Å². The van der Waals surface area contributed by atoms with Gasteiger partial charge in [-0.15, -0.1) is 11.3 Å². The van der Waals surface area contributed by atoms with Gasteiger partial charge in [-0.05, 0) is 19.3 Å². The van der Waals surface area contributed by atoms with Crippen molar-refractivity contribution in [3.8, 4) is 0 Å². The maximum absolute atomic E-state index is 12.8. The fourth-order valence-corrected chi connectivity index (χ4v) is 4.76. The van der Waals surface area contributed by atoms with Crippen LogP contribution in [0.25, 0.3) is 0 Å². The second-order valence-corrected chi connectivity index (χ2v) is 8.32. The van der Waals surface area contributed by atoms with Gasteiger partial charge in [0.25, 0.3) is 0 Å². The van der Waals surface area contributed by atoms with Crippen LogP contribution < -0.4 is 0 Å². The molecule has 0 aromatic carbocycles. The minimum Gasteiger partial charge on any atom is -0.391 e. The minimum absolute atomic E-state index is 0.0707.